The van der Waals surface area contributed by atoms with E-state index in [0.29, 0.717) is 11.4 Å². The molecular formula is C24H22BN3O4S. The Bertz CT molecular complexity index is 1480. The van der Waals surface area contributed by atoms with Crippen molar-refractivity contribution in [1.82, 2.24) is 14.7 Å². The van der Waals surface area contributed by atoms with Gasteiger partial charge in [-0.2, -0.15) is 0 Å². The van der Waals surface area contributed by atoms with Crippen LogP contribution in [0.4, 0.5) is 0 Å². The van der Waals surface area contributed by atoms with Gasteiger partial charge in [-0.3, -0.25) is 4.79 Å². The molecule has 0 aliphatic rings. The highest BCUT2D eigenvalue weighted by atomic mass is 32.2. The molecule has 33 heavy (non-hydrogen) atoms. The van der Waals surface area contributed by atoms with Crippen LogP contribution in [0.1, 0.15) is 36.2 Å². The molecule has 2 heterocycles. The minimum absolute atomic E-state index is 0.0391. The van der Waals surface area contributed by atoms with Crippen LogP contribution in [0.5, 0.6) is 11.5 Å². The zero-order valence-electron chi connectivity index (χ0n) is 19.2. The fourth-order valence-corrected chi connectivity index (χ4v) is 4.68. The predicted octanol–water partition coefficient (Wildman–Crippen LogP) is 3.53. The summed E-state index contributed by atoms with van der Waals surface area (Å²) in [4.78, 5) is 20.1. The molecule has 0 unspecified atom stereocenters. The third-order valence-electron chi connectivity index (χ3n) is 5.04. The van der Waals surface area contributed by atoms with Crippen LogP contribution >= 0.6 is 0 Å². The van der Waals surface area contributed by atoms with E-state index in [-0.39, 0.29) is 33.3 Å². The first kappa shape index (κ1) is 21.3. The second kappa shape index (κ2) is 9.11. The molecule has 0 aliphatic carbocycles. The van der Waals surface area contributed by atoms with E-state index in [0.717, 1.165) is 23.8 Å². The Hall–Kier alpha value is -3.59. The van der Waals surface area contributed by atoms with Gasteiger partial charge >= 0.3 is 0 Å². The van der Waals surface area contributed by atoms with Gasteiger partial charge in [-0.15, -0.1) is 0 Å². The summed E-state index contributed by atoms with van der Waals surface area (Å²) in [6.07, 6.45) is 4.93. The molecule has 2 N–H and O–H groups in total. The summed E-state index contributed by atoms with van der Waals surface area (Å²) in [5.41, 5.74) is 2.21. The number of carbonyl (C=O) groups is 1. The molecular weight excluding hydrogens is 437 g/mol. The second-order valence-corrected chi connectivity index (χ2v) is 9.27. The standard InChI is InChI=1S/C24H22BN3O4S/c1-3-4-16-5-7-20(21(12-16)32-19-13-17-9-10-26-23(17)27-14-19)24(29)28-33(30,31)22-8-6-18(25)11-15(22)2/h5-14H,3-4H2,1-2H3,(H,26,27)(H,28,29)/i8D. The molecule has 0 fully saturated rings. The first-order chi connectivity index (χ1) is 16.2. The number of hydrogen-bond donors (Lipinski definition) is 2. The molecule has 9 heteroatoms. The molecule has 0 saturated heterocycles. The third-order valence-corrected chi connectivity index (χ3v) is 6.47. The fourth-order valence-electron chi connectivity index (χ4n) is 3.52. The van der Waals surface area contributed by atoms with Crippen LogP contribution in [0.2, 0.25) is 0 Å². The highest BCUT2D eigenvalue weighted by molar-refractivity contribution is 7.90. The Balaban J connectivity index is 1.69. The molecule has 2 aromatic heterocycles. The minimum Gasteiger partial charge on any atom is -0.455 e. The number of pyridine rings is 1. The number of ether oxygens (including phenoxy) is 1. The van der Waals surface area contributed by atoms with E-state index in [9.17, 15) is 13.2 Å². The maximum absolute atomic E-state index is 13.1. The van der Waals surface area contributed by atoms with Crippen LogP contribution in [0, 0.1) is 6.92 Å². The summed E-state index contributed by atoms with van der Waals surface area (Å²) in [5.74, 6) is -0.264. The summed E-state index contributed by atoms with van der Waals surface area (Å²) < 4.78 is 42.0. The number of benzene rings is 2. The van der Waals surface area contributed by atoms with Crippen molar-refractivity contribution in [1.29, 1.82) is 0 Å². The molecule has 4 aromatic rings. The van der Waals surface area contributed by atoms with Gasteiger partial charge in [0.2, 0.25) is 0 Å². The number of nitrogens with zero attached hydrogens (tertiary/aromatic N) is 1. The maximum atomic E-state index is 13.1. The Kier molecular flexibility index (Phi) is 5.87. The van der Waals surface area contributed by atoms with Gasteiger partial charge in [0.05, 0.1) is 18.0 Å². The van der Waals surface area contributed by atoms with E-state index in [1.54, 1.807) is 24.4 Å². The molecule has 1 amide bonds. The van der Waals surface area contributed by atoms with Crippen molar-refractivity contribution in [2.24, 2.45) is 0 Å². The quantitative estimate of drug-likeness (QED) is 0.411. The van der Waals surface area contributed by atoms with Crippen molar-refractivity contribution in [3.8, 4) is 11.5 Å². The van der Waals surface area contributed by atoms with Crippen molar-refractivity contribution in [3.05, 3.63) is 77.6 Å². The summed E-state index contributed by atoms with van der Waals surface area (Å²) in [5, 5.41) is 0.831. The molecule has 7 nitrogen and oxygen atoms in total. The van der Waals surface area contributed by atoms with Gasteiger partial charge in [0.1, 0.15) is 25.0 Å². The number of sulfonamides is 1. The average molecular weight is 460 g/mol. The Morgan fingerprint density at radius 2 is 2.06 bits per heavy atom. The second-order valence-electron chi connectivity index (χ2n) is 7.65. The van der Waals surface area contributed by atoms with Gasteiger partial charge in [-0.1, -0.05) is 37.0 Å². The topological polar surface area (TPSA) is 101 Å². The van der Waals surface area contributed by atoms with Crippen LogP contribution in [0.25, 0.3) is 11.0 Å². The summed E-state index contributed by atoms with van der Waals surface area (Å²) in [7, 11) is 1.37. The van der Waals surface area contributed by atoms with E-state index < -0.39 is 15.9 Å². The van der Waals surface area contributed by atoms with E-state index in [2.05, 4.69) is 14.7 Å². The normalized spacial score (nSPS) is 11.9. The zero-order chi connectivity index (χ0) is 24.5. The molecule has 0 aliphatic heterocycles. The van der Waals surface area contributed by atoms with Crippen LogP contribution in [0.15, 0.2) is 65.8 Å². The van der Waals surface area contributed by atoms with Crippen LogP contribution in [-0.2, 0) is 16.4 Å². The number of aromatic amines is 1. The van der Waals surface area contributed by atoms with Gasteiger partial charge < -0.3 is 9.72 Å². The highest BCUT2D eigenvalue weighted by Crippen LogP contribution is 2.29. The van der Waals surface area contributed by atoms with Crippen LogP contribution in [-0.4, -0.2) is 32.1 Å². The number of aryl methyl sites for hydroxylation is 2. The van der Waals surface area contributed by atoms with E-state index in [4.69, 9.17) is 14.0 Å². The lowest BCUT2D eigenvalue weighted by Crippen LogP contribution is -2.31. The summed E-state index contributed by atoms with van der Waals surface area (Å²) >= 11 is 0. The summed E-state index contributed by atoms with van der Waals surface area (Å²) in [6, 6.07) is 11.0. The lowest BCUT2D eigenvalue weighted by atomic mass is 9.95. The molecule has 0 bridgehead atoms. The van der Waals surface area contributed by atoms with E-state index in [1.165, 1.54) is 31.3 Å². The largest absolute Gasteiger partial charge is 0.455 e. The van der Waals surface area contributed by atoms with Crippen molar-refractivity contribution in [2.45, 2.75) is 31.6 Å². The van der Waals surface area contributed by atoms with Crippen molar-refractivity contribution < 1.29 is 19.3 Å². The SMILES string of the molecule is [2H]c1cc([B])cc(C)c1S(=O)(=O)NC(=O)c1ccc(CCC)cc1Oc1cnc2[nH]ccc2c1. The molecule has 0 saturated carbocycles. The van der Waals surface area contributed by atoms with Gasteiger partial charge in [-0.25, -0.2) is 18.1 Å². The first-order valence-electron chi connectivity index (χ1n) is 10.9. The van der Waals surface area contributed by atoms with Gasteiger partial charge in [0.15, 0.2) is 0 Å². The molecule has 166 valence electrons. The monoisotopic (exact) mass is 460 g/mol. The van der Waals surface area contributed by atoms with Crippen LogP contribution in [0.3, 0.4) is 0 Å². The number of aromatic nitrogens is 2. The number of carbonyl (C=O) groups excluding carboxylic acids is 1. The number of fused-ring (bicyclic) bond motifs is 1. The van der Waals surface area contributed by atoms with Gasteiger partial charge in [-0.05, 0) is 54.8 Å². The van der Waals surface area contributed by atoms with Crippen molar-refractivity contribution in [2.75, 3.05) is 0 Å². The van der Waals surface area contributed by atoms with Crippen molar-refractivity contribution in [3.63, 3.8) is 0 Å². The molecule has 2 aromatic carbocycles. The minimum atomic E-state index is -4.33. The number of amides is 1. The highest BCUT2D eigenvalue weighted by Gasteiger charge is 2.23. The number of rotatable bonds is 7. The summed E-state index contributed by atoms with van der Waals surface area (Å²) in [6.45, 7) is 3.55. The van der Waals surface area contributed by atoms with Gasteiger partial charge in [0, 0.05) is 11.6 Å². The van der Waals surface area contributed by atoms with Gasteiger partial charge in [0.25, 0.3) is 15.9 Å². The van der Waals surface area contributed by atoms with E-state index >= 15 is 0 Å². The lowest BCUT2D eigenvalue weighted by molar-refractivity contribution is 0.0979. The zero-order valence-corrected chi connectivity index (χ0v) is 19.0. The lowest BCUT2D eigenvalue weighted by Gasteiger charge is -2.14. The maximum Gasteiger partial charge on any atom is 0.268 e. The molecule has 0 spiro atoms. The molecule has 0 atom stereocenters. The first-order valence-corrected chi connectivity index (χ1v) is 11.8. The fraction of sp³-hybridized carbons (Fsp3) is 0.167. The smallest absolute Gasteiger partial charge is 0.268 e. The van der Waals surface area contributed by atoms with Crippen molar-refractivity contribution >= 4 is 40.3 Å². The molecule has 4 rings (SSSR count). The Morgan fingerprint density at radius 3 is 2.82 bits per heavy atom. The van der Waals surface area contributed by atoms with Crippen LogP contribution < -0.4 is 14.9 Å². The Morgan fingerprint density at radius 1 is 1.24 bits per heavy atom. The third kappa shape index (κ3) is 4.93. The van der Waals surface area contributed by atoms with E-state index in [1.807, 2.05) is 13.0 Å². The Labute approximate surface area is 195 Å². The molecule has 2 radical (unpaired) electrons. The number of H-pyrrole nitrogens is 1. The number of hydrogen-bond acceptors (Lipinski definition) is 5. The number of nitrogens with one attached hydrogen (secondary N) is 2. The average Bonchev–Trinajstić information content (AvgIpc) is 3.20. The predicted molar refractivity (Wildman–Crippen MR) is 128 cm³/mol.